The van der Waals surface area contributed by atoms with E-state index in [2.05, 4.69) is 34.4 Å². The van der Waals surface area contributed by atoms with E-state index in [0.717, 1.165) is 48.7 Å². The molecule has 6 heteroatoms. The van der Waals surface area contributed by atoms with Crippen molar-refractivity contribution in [1.29, 1.82) is 0 Å². The maximum absolute atomic E-state index is 6.40. The second kappa shape index (κ2) is 7.58. The zero-order chi connectivity index (χ0) is 19.8. The van der Waals surface area contributed by atoms with Gasteiger partial charge in [0.25, 0.3) is 0 Å². The smallest absolute Gasteiger partial charge is 0.184 e. The third-order valence-corrected chi connectivity index (χ3v) is 6.27. The van der Waals surface area contributed by atoms with Gasteiger partial charge in [-0.15, -0.1) is 0 Å². The molecule has 150 valence electrons. The van der Waals surface area contributed by atoms with Gasteiger partial charge >= 0.3 is 0 Å². The maximum atomic E-state index is 6.40. The Morgan fingerprint density at radius 3 is 2.72 bits per heavy atom. The predicted octanol–water partition coefficient (Wildman–Crippen LogP) is 4.69. The fourth-order valence-corrected chi connectivity index (χ4v) is 4.69. The molecule has 0 amide bonds. The predicted molar refractivity (Wildman–Crippen MR) is 112 cm³/mol. The number of aromatic nitrogens is 2. The van der Waals surface area contributed by atoms with Crippen LogP contribution in [-0.2, 0) is 21.6 Å². The van der Waals surface area contributed by atoms with Crippen LogP contribution in [0, 0.1) is 0 Å². The molecular formula is C23H24ClN3O2. The number of fused-ring (bicyclic) bond motifs is 2. The molecule has 2 aliphatic heterocycles. The van der Waals surface area contributed by atoms with Crippen molar-refractivity contribution in [2.24, 2.45) is 0 Å². The topological polar surface area (TPSA) is 39.5 Å². The van der Waals surface area contributed by atoms with Crippen LogP contribution in [0.25, 0.3) is 5.69 Å². The van der Waals surface area contributed by atoms with E-state index in [1.807, 2.05) is 41.2 Å². The molecular weight excluding hydrogens is 386 g/mol. The van der Waals surface area contributed by atoms with Gasteiger partial charge < -0.3 is 9.47 Å². The molecule has 2 aromatic carbocycles. The van der Waals surface area contributed by atoms with Gasteiger partial charge in [-0.2, -0.15) is 5.10 Å². The number of hydrogen-bond donors (Lipinski definition) is 0. The second-order valence-electron chi connectivity index (χ2n) is 7.82. The Bertz CT molecular complexity index is 996. The van der Waals surface area contributed by atoms with Gasteiger partial charge in [0.05, 0.1) is 17.5 Å². The van der Waals surface area contributed by atoms with Crippen LogP contribution in [0.1, 0.15) is 35.8 Å². The first-order valence-electron chi connectivity index (χ1n) is 9.99. The van der Waals surface area contributed by atoms with Gasteiger partial charge in [0, 0.05) is 49.1 Å². The van der Waals surface area contributed by atoms with Gasteiger partial charge in [0.1, 0.15) is 0 Å². The van der Waals surface area contributed by atoms with Crippen LogP contribution < -0.4 is 0 Å². The molecule has 3 heterocycles. The Hall–Kier alpha value is -2.18. The molecule has 5 rings (SSSR count). The van der Waals surface area contributed by atoms with E-state index in [0.29, 0.717) is 0 Å². The number of hydrogen-bond acceptors (Lipinski definition) is 4. The molecule has 0 radical (unpaired) electrons. The fourth-order valence-electron chi connectivity index (χ4n) is 4.52. The molecule has 0 N–H and O–H groups in total. The van der Waals surface area contributed by atoms with Crippen LogP contribution in [-0.4, -0.2) is 34.9 Å². The summed E-state index contributed by atoms with van der Waals surface area (Å²) < 4.78 is 13.9. The molecule has 0 bridgehead atoms. The molecule has 1 saturated heterocycles. The van der Waals surface area contributed by atoms with E-state index < -0.39 is 0 Å². The van der Waals surface area contributed by atoms with Crippen molar-refractivity contribution in [2.45, 2.75) is 31.3 Å². The SMILES string of the molecule is COC1OC2(CCN(Cc3cnn(-c4ccccc4)c3)CC2)c2cc(Cl)ccc21. The van der Waals surface area contributed by atoms with Crippen molar-refractivity contribution in [2.75, 3.05) is 20.2 Å². The zero-order valence-corrected chi connectivity index (χ0v) is 17.2. The average Bonchev–Trinajstić information content (AvgIpc) is 3.34. The summed E-state index contributed by atoms with van der Waals surface area (Å²) in [7, 11) is 1.70. The lowest BCUT2D eigenvalue weighted by atomic mass is 9.83. The van der Waals surface area contributed by atoms with E-state index in [4.69, 9.17) is 21.1 Å². The summed E-state index contributed by atoms with van der Waals surface area (Å²) in [6.45, 7) is 2.80. The highest BCUT2D eigenvalue weighted by molar-refractivity contribution is 6.30. The second-order valence-corrected chi connectivity index (χ2v) is 8.25. The molecule has 29 heavy (non-hydrogen) atoms. The molecule has 1 fully saturated rings. The summed E-state index contributed by atoms with van der Waals surface area (Å²) in [5, 5.41) is 5.27. The van der Waals surface area contributed by atoms with Crippen molar-refractivity contribution < 1.29 is 9.47 Å². The summed E-state index contributed by atoms with van der Waals surface area (Å²) in [6, 6.07) is 16.2. The van der Waals surface area contributed by atoms with Crippen molar-refractivity contribution in [3.63, 3.8) is 0 Å². The number of rotatable bonds is 4. The summed E-state index contributed by atoms with van der Waals surface area (Å²) in [5.74, 6) is 0. The van der Waals surface area contributed by atoms with Gasteiger partial charge in [-0.05, 0) is 42.7 Å². The first-order chi connectivity index (χ1) is 14.2. The number of likely N-dealkylation sites (tertiary alicyclic amines) is 1. The van der Waals surface area contributed by atoms with Gasteiger partial charge in [-0.3, -0.25) is 4.90 Å². The zero-order valence-electron chi connectivity index (χ0n) is 16.4. The Morgan fingerprint density at radius 2 is 1.97 bits per heavy atom. The number of methoxy groups -OCH3 is 1. The molecule has 3 aromatic rings. The summed E-state index contributed by atoms with van der Waals surface area (Å²) in [5.41, 5.74) is 4.29. The van der Waals surface area contributed by atoms with Gasteiger partial charge in [0.2, 0.25) is 0 Å². The summed E-state index contributed by atoms with van der Waals surface area (Å²) in [4.78, 5) is 2.46. The number of para-hydroxylation sites is 1. The highest BCUT2D eigenvalue weighted by Gasteiger charge is 2.47. The lowest BCUT2D eigenvalue weighted by Crippen LogP contribution is -2.42. The number of ether oxygens (including phenoxy) is 2. The normalized spacial score (nSPS) is 20.8. The van der Waals surface area contributed by atoms with Crippen molar-refractivity contribution in [3.8, 4) is 5.69 Å². The summed E-state index contributed by atoms with van der Waals surface area (Å²) in [6.07, 6.45) is 5.61. The molecule has 0 aliphatic carbocycles. The highest BCUT2D eigenvalue weighted by Crippen LogP contribution is 2.50. The number of benzene rings is 2. The maximum Gasteiger partial charge on any atom is 0.184 e. The molecule has 1 spiro atoms. The lowest BCUT2D eigenvalue weighted by molar-refractivity contribution is -0.202. The Labute approximate surface area is 175 Å². The Morgan fingerprint density at radius 1 is 1.17 bits per heavy atom. The van der Waals surface area contributed by atoms with E-state index >= 15 is 0 Å². The van der Waals surface area contributed by atoms with Crippen LogP contribution in [0.4, 0.5) is 0 Å². The molecule has 0 saturated carbocycles. The fraction of sp³-hybridized carbons (Fsp3) is 0.348. The van der Waals surface area contributed by atoms with Crippen LogP contribution >= 0.6 is 11.6 Å². The number of halogens is 1. The molecule has 1 aromatic heterocycles. The molecule has 5 nitrogen and oxygen atoms in total. The van der Waals surface area contributed by atoms with Crippen LogP contribution in [0.15, 0.2) is 60.9 Å². The summed E-state index contributed by atoms with van der Waals surface area (Å²) >= 11 is 6.29. The first-order valence-corrected chi connectivity index (χ1v) is 10.4. The van der Waals surface area contributed by atoms with Gasteiger partial charge in [0.15, 0.2) is 6.29 Å². The lowest BCUT2D eigenvalue weighted by Gasteiger charge is -2.39. The van der Waals surface area contributed by atoms with Crippen LogP contribution in [0.3, 0.4) is 0 Å². The first kappa shape index (κ1) is 18.8. The minimum atomic E-state index is -0.307. The third kappa shape index (κ3) is 3.49. The number of piperidine rings is 1. The van der Waals surface area contributed by atoms with Crippen molar-refractivity contribution >= 4 is 11.6 Å². The minimum absolute atomic E-state index is 0.300. The Kier molecular flexibility index (Phi) is 4.92. The van der Waals surface area contributed by atoms with Gasteiger partial charge in [-0.1, -0.05) is 35.9 Å². The minimum Gasteiger partial charge on any atom is -0.352 e. The van der Waals surface area contributed by atoms with Gasteiger partial charge in [-0.25, -0.2) is 4.68 Å². The van der Waals surface area contributed by atoms with Crippen LogP contribution in [0.5, 0.6) is 0 Å². The van der Waals surface area contributed by atoms with E-state index in [-0.39, 0.29) is 11.9 Å². The molecule has 2 aliphatic rings. The standard InChI is InChI=1S/C23H24ClN3O2/c1-28-22-20-8-7-18(24)13-21(20)23(29-22)9-11-26(12-10-23)15-17-14-25-27(16-17)19-5-3-2-4-6-19/h2-8,13-14,16,22H,9-12,15H2,1H3. The monoisotopic (exact) mass is 409 g/mol. The highest BCUT2D eigenvalue weighted by atomic mass is 35.5. The van der Waals surface area contributed by atoms with E-state index in [1.165, 1.54) is 11.1 Å². The van der Waals surface area contributed by atoms with E-state index in [9.17, 15) is 0 Å². The third-order valence-electron chi connectivity index (χ3n) is 6.03. The molecule has 1 unspecified atom stereocenters. The van der Waals surface area contributed by atoms with Crippen molar-refractivity contribution in [3.05, 3.63) is 82.6 Å². The quantitative estimate of drug-likeness (QED) is 0.626. The van der Waals surface area contributed by atoms with Crippen LogP contribution in [0.2, 0.25) is 5.02 Å². The average molecular weight is 410 g/mol. The molecule has 1 atom stereocenters. The number of nitrogens with zero attached hydrogens (tertiary/aromatic N) is 3. The largest absolute Gasteiger partial charge is 0.352 e. The Balaban J connectivity index is 1.28. The van der Waals surface area contributed by atoms with Crippen molar-refractivity contribution in [1.82, 2.24) is 14.7 Å². The van der Waals surface area contributed by atoms with E-state index in [1.54, 1.807) is 7.11 Å².